The Morgan fingerprint density at radius 3 is 2.62 bits per heavy atom. The van der Waals surface area contributed by atoms with Gasteiger partial charge in [-0.05, 0) is 37.3 Å². The number of halogens is 1. The van der Waals surface area contributed by atoms with E-state index in [1.165, 1.54) is 12.1 Å². The van der Waals surface area contributed by atoms with Gasteiger partial charge in [0.2, 0.25) is 0 Å². The molecule has 2 N–H and O–H groups in total. The van der Waals surface area contributed by atoms with Crippen molar-refractivity contribution in [2.75, 3.05) is 11.9 Å². The van der Waals surface area contributed by atoms with Crippen LogP contribution in [0.25, 0.3) is 0 Å². The number of rotatable bonds is 2. The van der Waals surface area contributed by atoms with E-state index < -0.39 is 11.7 Å². The molecule has 0 radical (unpaired) electrons. The quantitative estimate of drug-likeness (QED) is 0.833. The minimum absolute atomic E-state index is 0.136. The maximum atomic E-state index is 13.3. The van der Waals surface area contributed by atoms with Gasteiger partial charge in [0, 0.05) is 11.3 Å². The summed E-state index contributed by atoms with van der Waals surface area (Å²) in [5.41, 5.74) is 2.20. The Balaban J connectivity index is 2.29. The molecule has 0 fully saturated rings. The summed E-state index contributed by atoms with van der Waals surface area (Å²) in [5, 5.41) is 11.4. The second kappa shape index (κ2) is 6.69. The van der Waals surface area contributed by atoms with Gasteiger partial charge in [-0.2, -0.15) is 0 Å². The van der Waals surface area contributed by atoms with E-state index in [0.717, 1.165) is 11.6 Å². The third-order valence-corrected chi connectivity index (χ3v) is 2.84. The molecule has 0 aliphatic carbocycles. The zero-order valence-electron chi connectivity index (χ0n) is 11.5. The van der Waals surface area contributed by atoms with Crippen molar-refractivity contribution < 1.29 is 14.3 Å². The first-order valence-electron chi connectivity index (χ1n) is 6.37. The number of carbonyl (C=O) groups excluding carboxylic acids is 1. The summed E-state index contributed by atoms with van der Waals surface area (Å²) in [5.74, 6) is 4.13. The number of aliphatic hydroxyl groups excluding tert-OH is 1. The minimum atomic E-state index is -0.515. The third kappa shape index (κ3) is 3.91. The van der Waals surface area contributed by atoms with Crippen LogP contribution in [0.4, 0.5) is 10.1 Å². The second-order valence-corrected chi connectivity index (χ2v) is 4.47. The van der Waals surface area contributed by atoms with Crippen LogP contribution in [0.3, 0.4) is 0 Å². The predicted molar refractivity (Wildman–Crippen MR) is 79.5 cm³/mol. The predicted octanol–water partition coefficient (Wildman–Crippen LogP) is 2.73. The molecular weight excluding hydrogens is 269 g/mol. The van der Waals surface area contributed by atoms with Crippen LogP contribution in [-0.2, 0) is 0 Å². The van der Waals surface area contributed by atoms with Crippen LogP contribution < -0.4 is 5.32 Å². The van der Waals surface area contributed by atoms with Gasteiger partial charge in [0.15, 0.2) is 0 Å². The molecular formula is C17H14FNO2. The summed E-state index contributed by atoms with van der Waals surface area (Å²) < 4.78 is 13.3. The van der Waals surface area contributed by atoms with Crippen molar-refractivity contribution >= 4 is 11.6 Å². The number of anilines is 1. The third-order valence-electron chi connectivity index (χ3n) is 2.84. The summed E-state index contributed by atoms with van der Waals surface area (Å²) in [6.45, 7) is 1.62. The largest absolute Gasteiger partial charge is 0.384 e. The molecule has 2 aromatic carbocycles. The second-order valence-electron chi connectivity index (χ2n) is 4.47. The van der Waals surface area contributed by atoms with E-state index in [9.17, 15) is 9.18 Å². The highest BCUT2D eigenvalue weighted by atomic mass is 19.1. The Kier molecular flexibility index (Phi) is 4.70. The number of nitrogens with one attached hydrogen (secondary N) is 1. The number of hydrogen-bond donors (Lipinski definition) is 2. The number of amides is 1. The molecule has 106 valence electrons. The number of aliphatic hydroxyl groups is 1. The van der Waals surface area contributed by atoms with E-state index in [1.807, 2.05) is 19.1 Å². The lowest BCUT2D eigenvalue weighted by Gasteiger charge is -2.07. The first-order chi connectivity index (χ1) is 10.1. The molecule has 0 atom stereocenters. The molecule has 0 spiro atoms. The van der Waals surface area contributed by atoms with E-state index >= 15 is 0 Å². The number of aryl methyl sites for hydroxylation is 1. The van der Waals surface area contributed by atoms with Gasteiger partial charge in [-0.15, -0.1) is 0 Å². The molecule has 0 saturated heterocycles. The molecule has 1 amide bonds. The van der Waals surface area contributed by atoms with Crippen LogP contribution in [0.5, 0.6) is 0 Å². The van der Waals surface area contributed by atoms with E-state index in [-0.39, 0.29) is 12.2 Å². The fourth-order valence-corrected chi connectivity index (χ4v) is 1.78. The Morgan fingerprint density at radius 1 is 1.24 bits per heavy atom. The number of hydrogen-bond acceptors (Lipinski definition) is 2. The Bertz CT molecular complexity index is 712. The normalized spacial score (nSPS) is 9.67. The van der Waals surface area contributed by atoms with E-state index in [0.29, 0.717) is 11.3 Å². The SMILES string of the molecule is Cc1ccc(NC(=O)c2cc(F)ccc2C#CCO)cc1. The first-order valence-corrected chi connectivity index (χ1v) is 6.37. The molecule has 4 heteroatoms. The van der Waals surface area contributed by atoms with Crippen LogP contribution in [0.15, 0.2) is 42.5 Å². The Labute approximate surface area is 122 Å². The van der Waals surface area contributed by atoms with Crippen LogP contribution in [0, 0.1) is 24.6 Å². The van der Waals surface area contributed by atoms with Gasteiger partial charge in [0.1, 0.15) is 12.4 Å². The fourth-order valence-electron chi connectivity index (χ4n) is 1.78. The summed E-state index contributed by atoms with van der Waals surface area (Å²) in [7, 11) is 0. The lowest BCUT2D eigenvalue weighted by molar-refractivity contribution is 0.102. The molecule has 0 saturated carbocycles. The molecule has 0 heterocycles. The van der Waals surface area contributed by atoms with Crippen molar-refractivity contribution in [3.63, 3.8) is 0 Å². The maximum Gasteiger partial charge on any atom is 0.257 e. The fraction of sp³-hybridized carbons (Fsp3) is 0.118. The van der Waals surface area contributed by atoms with Crippen LogP contribution in [-0.4, -0.2) is 17.6 Å². The zero-order valence-corrected chi connectivity index (χ0v) is 11.5. The number of benzene rings is 2. The molecule has 2 rings (SSSR count). The lowest BCUT2D eigenvalue weighted by atomic mass is 10.1. The highest BCUT2D eigenvalue weighted by Crippen LogP contribution is 2.14. The van der Waals surface area contributed by atoms with Crippen LogP contribution in [0.2, 0.25) is 0 Å². The number of carbonyl (C=O) groups is 1. The summed E-state index contributed by atoms with van der Waals surface area (Å²) in [6, 6.07) is 11.1. The summed E-state index contributed by atoms with van der Waals surface area (Å²) in [4.78, 5) is 12.2. The highest BCUT2D eigenvalue weighted by Gasteiger charge is 2.12. The summed E-state index contributed by atoms with van der Waals surface area (Å²) >= 11 is 0. The van der Waals surface area contributed by atoms with Gasteiger partial charge in [-0.25, -0.2) is 4.39 Å². The molecule has 21 heavy (non-hydrogen) atoms. The van der Waals surface area contributed by atoms with Gasteiger partial charge >= 0.3 is 0 Å². The van der Waals surface area contributed by atoms with Crippen molar-refractivity contribution in [3.8, 4) is 11.8 Å². The topological polar surface area (TPSA) is 49.3 Å². The van der Waals surface area contributed by atoms with E-state index in [1.54, 1.807) is 12.1 Å². The van der Waals surface area contributed by atoms with Crippen molar-refractivity contribution in [3.05, 3.63) is 65.0 Å². The Hall–Kier alpha value is -2.64. The Morgan fingerprint density at radius 2 is 1.95 bits per heavy atom. The van der Waals surface area contributed by atoms with Crippen molar-refractivity contribution in [2.24, 2.45) is 0 Å². The standard InChI is InChI=1S/C17H14FNO2/c1-12-4-8-15(9-5-12)19-17(21)16-11-14(18)7-6-13(16)3-2-10-20/h4-9,11,20H,10H2,1H3,(H,19,21). The van der Waals surface area contributed by atoms with Gasteiger partial charge in [-0.3, -0.25) is 4.79 Å². The van der Waals surface area contributed by atoms with Crippen molar-refractivity contribution in [2.45, 2.75) is 6.92 Å². The van der Waals surface area contributed by atoms with E-state index in [4.69, 9.17) is 5.11 Å². The molecule has 3 nitrogen and oxygen atoms in total. The van der Waals surface area contributed by atoms with Crippen molar-refractivity contribution in [1.82, 2.24) is 0 Å². The molecule has 0 aromatic heterocycles. The lowest BCUT2D eigenvalue weighted by Crippen LogP contribution is -2.14. The summed E-state index contributed by atoms with van der Waals surface area (Å²) in [6.07, 6.45) is 0. The molecule has 0 aliphatic rings. The minimum Gasteiger partial charge on any atom is -0.384 e. The average Bonchev–Trinajstić information content (AvgIpc) is 2.48. The smallest absolute Gasteiger partial charge is 0.257 e. The maximum absolute atomic E-state index is 13.3. The van der Waals surface area contributed by atoms with Crippen LogP contribution in [0.1, 0.15) is 21.5 Å². The molecule has 0 bridgehead atoms. The van der Waals surface area contributed by atoms with Gasteiger partial charge in [0.25, 0.3) is 5.91 Å². The molecule has 2 aromatic rings. The van der Waals surface area contributed by atoms with Gasteiger partial charge in [-0.1, -0.05) is 29.5 Å². The van der Waals surface area contributed by atoms with Gasteiger partial charge in [0.05, 0.1) is 5.56 Å². The molecule has 0 aliphatic heterocycles. The van der Waals surface area contributed by atoms with Gasteiger partial charge < -0.3 is 10.4 Å². The van der Waals surface area contributed by atoms with Crippen molar-refractivity contribution in [1.29, 1.82) is 0 Å². The van der Waals surface area contributed by atoms with E-state index in [2.05, 4.69) is 17.2 Å². The average molecular weight is 283 g/mol. The van der Waals surface area contributed by atoms with Crippen LogP contribution >= 0.6 is 0 Å². The molecule has 0 unspecified atom stereocenters. The first kappa shape index (κ1) is 14.8. The monoisotopic (exact) mass is 283 g/mol. The highest BCUT2D eigenvalue weighted by molar-refractivity contribution is 6.06. The zero-order chi connectivity index (χ0) is 15.2.